The summed E-state index contributed by atoms with van der Waals surface area (Å²) < 4.78 is 25.1. The number of benzene rings is 1. The third-order valence-electron chi connectivity index (χ3n) is 1.30. The van der Waals surface area contributed by atoms with E-state index in [0.29, 0.717) is 0 Å². The van der Waals surface area contributed by atoms with Gasteiger partial charge in [0.05, 0.1) is 0 Å². The molecule has 1 aromatic rings. The lowest BCUT2D eigenvalue weighted by atomic mass is 10.2. The van der Waals surface area contributed by atoms with Gasteiger partial charge >= 0.3 is 0 Å². The van der Waals surface area contributed by atoms with Crippen LogP contribution in [0.2, 0.25) is 0 Å². The van der Waals surface area contributed by atoms with Crippen molar-refractivity contribution < 1.29 is 14.0 Å². The number of rotatable bonds is 2. The molecule has 0 saturated heterocycles. The summed E-state index contributed by atoms with van der Waals surface area (Å²) in [6, 6.07) is 3.79. The minimum atomic E-state index is -0.922. The summed E-state index contributed by atoms with van der Waals surface area (Å²) in [6.45, 7) is -0.0937. The van der Waals surface area contributed by atoms with Crippen molar-refractivity contribution in [3.05, 3.63) is 35.4 Å². The number of nitrogens with one attached hydrogen (secondary N) is 1. The molecule has 0 bridgehead atoms. The van der Waals surface area contributed by atoms with Gasteiger partial charge < -0.3 is 5.21 Å². The molecule has 0 aliphatic heterocycles. The topological polar surface area (TPSA) is 32.3 Å². The maximum Gasteiger partial charge on any atom is 0.163 e. The minimum Gasteiger partial charge on any atom is -0.316 e. The molecule has 0 aromatic heterocycles. The van der Waals surface area contributed by atoms with Crippen LogP contribution in [0.25, 0.3) is 0 Å². The third kappa shape index (κ3) is 1.72. The SMILES string of the molecule is ONCc1cccc(F)c1F. The zero-order valence-electron chi connectivity index (χ0n) is 5.64. The van der Waals surface area contributed by atoms with E-state index in [2.05, 4.69) is 0 Å². The third-order valence-corrected chi connectivity index (χ3v) is 1.30. The summed E-state index contributed by atoms with van der Waals surface area (Å²) in [6.07, 6.45) is 0. The Balaban J connectivity index is 2.96. The first-order valence-electron chi connectivity index (χ1n) is 3.05. The van der Waals surface area contributed by atoms with Crippen molar-refractivity contribution in [3.8, 4) is 0 Å². The molecule has 0 heterocycles. The van der Waals surface area contributed by atoms with E-state index in [4.69, 9.17) is 5.21 Å². The summed E-state index contributed by atoms with van der Waals surface area (Å²) in [4.78, 5) is 0. The van der Waals surface area contributed by atoms with Crippen molar-refractivity contribution in [2.24, 2.45) is 0 Å². The Morgan fingerprint density at radius 1 is 1.36 bits per heavy atom. The Bertz CT molecular complexity index is 252. The first-order chi connectivity index (χ1) is 5.25. The smallest absolute Gasteiger partial charge is 0.163 e. The van der Waals surface area contributed by atoms with Crippen molar-refractivity contribution in [1.82, 2.24) is 5.48 Å². The first kappa shape index (κ1) is 8.10. The van der Waals surface area contributed by atoms with Crippen LogP contribution in [-0.2, 0) is 6.54 Å². The average molecular weight is 159 g/mol. The van der Waals surface area contributed by atoms with Crippen LogP contribution in [0.5, 0.6) is 0 Å². The highest BCUT2D eigenvalue weighted by Gasteiger charge is 2.05. The molecule has 0 aliphatic rings. The van der Waals surface area contributed by atoms with Crippen molar-refractivity contribution >= 4 is 0 Å². The molecule has 2 nitrogen and oxygen atoms in total. The monoisotopic (exact) mass is 159 g/mol. The van der Waals surface area contributed by atoms with Gasteiger partial charge in [0.15, 0.2) is 11.6 Å². The predicted molar refractivity (Wildman–Crippen MR) is 35.0 cm³/mol. The normalized spacial score (nSPS) is 10.1. The van der Waals surface area contributed by atoms with Gasteiger partial charge in [0.1, 0.15) is 0 Å². The Labute approximate surface area is 62.4 Å². The quantitative estimate of drug-likeness (QED) is 0.640. The Morgan fingerprint density at radius 3 is 2.73 bits per heavy atom. The molecule has 1 aromatic carbocycles. The molecule has 4 heteroatoms. The number of halogens is 2. The van der Waals surface area contributed by atoms with Crippen LogP contribution >= 0.6 is 0 Å². The van der Waals surface area contributed by atoms with E-state index in [1.165, 1.54) is 12.1 Å². The van der Waals surface area contributed by atoms with Gasteiger partial charge in [0.25, 0.3) is 0 Å². The number of hydrogen-bond acceptors (Lipinski definition) is 2. The fourth-order valence-corrected chi connectivity index (χ4v) is 0.770. The molecule has 60 valence electrons. The lowest BCUT2D eigenvalue weighted by Crippen LogP contribution is -2.08. The van der Waals surface area contributed by atoms with Crippen molar-refractivity contribution in [3.63, 3.8) is 0 Å². The molecule has 0 saturated carbocycles. The van der Waals surface area contributed by atoms with Gasteiger partial charge in [-0.2, -0.15) is 0 Å². The molecular weight excluding hydrogens is 152 g/mol. The summed E-state index contributed by atoms with van der Waals surface area (Å²) >= 11 is 0. The summed E-state index contributed by atoms with van der Waals surface area (Å²) in [5.41, 5.74) is 1.85. The van der Waals surface area contributed by atoms with Crippen molar-refractivity contribution in [2.45, 2.75) is 6.54 Å². The molecule has 0 radical (unpaired) electrons. The zero-order valence-corrected chi connectivity index (χ0v) is 5.64. The van der Waals surface area contributed by atoms with Crippen LogP contribution in [0.4, 0.5) is 8.78 Å². The van der Waals surface area contributed by atoms with Gasteiger partial charge in [-0.15, -0.1) is 0 Å². The Kier molecular flexibility index (Phi) is 2.51. The first-order valence-corrected chi connectivity index (χ1v) is 3.05. The van der Waals surface area contributed by atoms with Crippen LogP contribution in [0, 0.1) is 11.6 Å². The van der Waals surface area contributed by atoms with Gasteiger partial charge in [-0.1, -0.05) is 12.1 Å². The molecule has 0 fully saturated rings. The van der Waals surface area contributed by atoms with E-state index in [1.54, 1.807) is 5.48 Å². The van der Waals surface area contributed by atoms with Gasteiger partial charge in [0, 0.05) is 12.1 Å². The summed E-state index contributed by atoms with van der Waals surface area (Å²) in [5.74, 6) is -1.83. The average Bonchev–Trinajstić information content (AvgIpc) is 1.99. The predicted octanol–water partition coefficient (Wildman–Crippen LogP) is 1.44. The fraction of sp³-hybridized carbons (Fsp3) is 0.143. The molecule has 2 N–H and O–H groups in total. The number of hydrogen-bond donors (Lipinski definition) is 2. The van der Waals surface area contributed by atoms with E-state index in [-0.39, 0.29) is 12.1 Å². The highest BCUT2D eigenvalue weighted by atomic mass is 19.2. The number of hydroxylamine groups is 1. The fourth-order valence-electron chi connectivity index (χ4n) is 0.770. The molecule has 0 spiro atoms. The summed E-state index contributed by atoms with van der Waals surface area (Å²) in [7, 11) is 0. The maximum absolute atomic E-state index is 12.7. The van der Waals surface area contributed by atoms with Crippen LogP contribution in [0.1, 0.15) is 5.56 Å². The summed E-state index contributed by atoms with van der Waals surface area (Å²) in [5, 5.41) is 8.20. The van der Waals surface area contributed by atoms with E-state index >= 15 is 0 Å². The second-order valence-corrected chi connectivity index (χ2v) is 2.05. The van der Waals surface area contributed by atoms with E-state index in [1.807, 2.05) is 0 Å². The van der Waals surface area contributed by atoms with Crippen molar-refractivity contribution in [2.75, 3.05) is 0 Å². The molecule has 0 atom stereocenters. The van der Waals surface area contributed by atoms with Gasteiger partial charge in [0.2, 0.25) is 0 Å². The standard InChI is InChI=1S/C7H7F2NO/c8-6-3-1-2-5(4-10-11)7(6)9/h1-3,10-11H,4H2. The molecular formula is C7H7F2NO. The minimum absolute atomic E-state index is 0.0937. The highest BCUT2D eigenvalue weighted by Crippen LogP contribution is 2.10. The molecule has 0 unspecified atom stereocenters. The molecule has 1 rings (SSSR count). The Hall–Kier alpha value is -1.00. The van der Waals surface area contributed by atoms with E-state index in [0.717, 1.165) is 6.07 Å². The van der Waals surface area contributed by atoms with Crippen LogP contribution < -0.4 is 5.48 Å². The van der Waals surface area contributed by atoms with Crippen LogP contribution in [-0.4, -0.2) is 5.21 Å². The second-order valence-electron chi connectivity index (χ2n) is 2.05. The molecule has 0 amide bonds. The van der Waals surface area contributed by atoms with Gasteiger partial charge in [-0.3, -0.25) is 0 Å². The van der Waals surface area contributed by atoms with Crippen LogP contribution in [0.15, 0.2) is 18.2 Å². The lowest BCUT2D eigenvalue weighted by Gasteiger charge is -2.00. The lowest BCUT2D eigenvalue weighted by molar-refractivity contribution is 0.159. The highest BCUT2D eigenvalue weighted by molar-refractivity contribution is 5.18. The largest absolute Gasteiger partial charge is 0.316 e. The van der Waals surface area contributed by atoms with Gasteiger partial charge in [-0.25, -0.2) is 14.3 Å². The zero-order chi connectivity index (χ0) is 8.27. The molecule has 11 heavy (non-hydrogen) atoms. The molecule has 0 aliphatic carbocycles. The second kappa shape index (κ2) is 3.41. The maximum atomic E-state index is 12.7. The van der Waals surface area contributed by atoms with Crippen LogP contribution in [0.3, 0.4) is 0 Å². The van der Waals surface area contributed by atoms with Gasteiger partial charge in [-0.05, 0) is 6.07 Å². The van der Waals surface area contributed by atoms with E-state index in [9.17, 15) is 8.78 Å². The Morgan fingerprint density at radius 2 is 2.09 bits per heavy atom. The van der Waals surface area contributed by atoms with Crippen molar-refractivity contribution in [1.29, 1.82) is 0 Å². The van der Waals surface area contributed by atoms with E-state index < -0.39 is 11.6 Å².